The molecule has 86 valence electrons. The van der Waals surface area contributed by atoms with E-state index in [1.54, 1.807) is 0 Å². The van der Waals surface area contributed by atoms with Gasteiger partial charge in [0.25, 0.3) is 0 Å². The molecule has 4 rings (SSSR count). The van der Waals surface area contributed by atoms with E-state index in [9.17, 15) is 0 Å². The van der Waals surface area contributed by atoms with Gasteiger partial charge in [-0.15, -0.1) is 4.47 Å². The maximum absolute atomic E-state index is 4.66. The third-order valence-electron chi connectivity index (χ3n) is 2.99. The minimum absolute atomic E-state index is 0.937. The Balaban J connectivity index is 1.97. The van der Waals surface area contributed by atoms with E-state index >= 15 is 0 Å². The highest BCUT2D eigenvalue weighted by Gasteiger charge is 2.19. The molecule has 0 atom stereocenters. The van der Waals surface area contributed by atoms with Gasteiger partial charge in [-0.3, -0.25) is 0 Å². The van der Waals surface area contributed by atoms with Crippen LogP contribution >= 0.6 is 0 Å². The van der Waals surface area contributed by atoms with Crippen molar-refractivity contribution >= 4 is 27.0 Å². The van der Waals surface area contributed by atoms with Crippen molar-refractivity contribution in [3.8, 4) is 0 Å². The van der Waals surface area contributed by atoms with E-state index in [0.717, 1.165) is 21.7 Å². The van der Waals surface area contributed by atoms with Gasteiger partial charge >= 0.3 is 0 Å². The molecule has 0 saturated heterocycles. The van der Waals surface area contributed by atoms with E-state index in [-0.39, 0.29) is 0 Å². The maximum Gasteiger partial charge on any atom is 0.175 e. The molecule has 0 aliphatic carbocycles. The van der Waals surface area contributed by atoms with Crippen LogP contribution < -0.4 is 0 Å². The standard InChI is InChI=1S/C14H9N3S/c1-2-6-10(7-3-1)13-14-15-11-8-4-5-9-12(11)17(14)16-18-13/h1-9H. The van der Waals surface area contributed by atoms with Gasteiger partial charge in [-0.05, 0) is 28.8 Å². The molecule has 0 unspecified atom stereocenters. The summed E-state index contributed by atoms with van der Waals surface area (Å²) in [5, 5.41) is 0. The van der Waals surface area contributed by atoms with Gasteiger partial charge in [-0.1, -0.05) is 42.5 Å². The summed E-state index contributed by atoms with van der Waals surface area (Å²) in [6.07, 6.45) is 0. The summed E-state index contributed by atoms with van der Waals surface area (Å²) < 4.78 is 6.40. The molecule has 0 spiro atoms. The highest BCUT2D eigenvalue weighted by molar-refractivity contribution is 7.70. The summed E-state index contributed by atoms with van der Waals surface area (Å²) in [7, 11) is 0. The lowest BCUT2D eigenvalue weighted by molar-refractivity contribution is 0.925. The monoisotopic (exact) mass is 251 g/mol. The van der Waals surface area contributed by atoms with Crippen LogP contribution in [0.3, 0.4) is 0 Å². The summed E-state index contributed by atoms with van der Waals surface area (Å²) in [6, 6.07) is 18.3. The van der Waals surface area contributed by atoms with Crippen LogP contribution in [0.25, 0.3) is 11.0 Å². The molecular weight excluding hydrogens is 242 g/mol. The minimum Gasteiger partial charge on any atom is -0.225 e. The number of aromatic nitrogens is 2. The molecule has 0 N–H and O–H groups in total. The molecule has 3 aromatic rings. The van der Waals surface area contributed by atoms with Crippen molar-refractivity contribution < 1.29 is 0 Å². The molecule has 1 aromatic heterocycles. The second-order valence-corrected chi connectivity index (χ2v) is 4.86. The molecule has 1 aliphatic heterocycles. The predicted molar refractivity (Wildman–Crippen MR) is 74.6 cm³/mol. The largest absolute Gasteiger partial charge is 0.225 e. The summed E-state index contributed by atoms with van der Waals surface area (Å²) in [5.74, 6) is 0.937. The Hall–Kier alpha value is -2.20. The Labute approximate surface area is 107 Å². The molecule has 3 nitrogen and oxygen atoms in total. The van der Waals surface area contributed by atoms with Crippen molar-refractivity contribution in [3.05, 3.63) is 66.0 Å². The first-order valence-corrected chi connectivity index (χ1v) is 6.49. The SMILES string of the molecule is c1ccc(C2=S=Nn3c2nc2ccccc23)cc1. The fraction of sp³-hybridized carbons (Fsp3) is 0. The lowest BCUT2D eigenvalue weighted by Gasteiger charge is -1.98. The summed E-state index contributed by atoms with van der Waals surface area (Å²) in [6.45, 7) is 0. The molecule has 0 fully saturated rings. The van der Waals surface area contributed by atoms with Crippen LogP contribution in [0.1, 0.15) is 11.4 Å². The molecule has 0 saturated carbocycles. The van der Waals surface area contributed by atoms with Crippen LogP contribution in [-0.4, -0.2) is 14.5 Å². The van der Waals surface area contributed by atoms with Crippen LogP contribution in [0.15, 0.2) is 59.1 Å². The number of imidazole rings is 1. The molecule has 1 aliphatic rings. The van der Waals surface area contributed by atoms with Crippen molar-refractivity contribution in [2.24, 2.45) is 4.47 Å². The molecule has 0 radical (unpaired) electrons. The van der Waals surface area contributed by atoms with Crippen LogP contribution in [-0.2, 0) is 11.1 Å². The van der Waals surface area contributed by atoms with Crippen LogP contribution in [0.4, 0.5) is 0 Å². The fourth-order valence-electron chi connectivity index (χ4n) is 2.14. The van der Waals surface area contributed by atoms with Crippen LogP contribution in [0.5, 0.6) is 0 Å². The van der Waals surface area contributed by atoms with Gasteiger partial charge in [0.15, 0.2) is 5.82 Å². The molecule has 2 aromatic carbocycles. The second-order valence-electron chi connectivity index (χ2n) is 4.10. The Morgan fingerprint density at radius 1 is 0.889 bits per heavy atom. The van der Waals surface area contributed by atoms with Gasteiger partial charge in [0, 0.05) is 0 Å². The van der Waals surface area contributed by atoms with Gasteiger partial charge < -0.3 is 0 Å². The Morgan fingerprint density at radius 3 is 2.56 bits per heavy atom. The second kappa shape index (κ2) is 3.65. The quantitative estimate of drug-likeness (QED) is 0.478. The van der Waals surface area contributed by atoms with E-state index in [1.807, 2.05) is 47.1 Å². The number of nitrogens with zero attached hydrogens (tertiary/aromatic N) is 3. The van der Waals surface area contributed by atoms with Crippen molar-refractivity contribution in [3.63, 3.8) is 0 Å². The summed E-state index contributed by atoms with van der Waals surface area (Å²) in [5.41, 5.74) is 3.22. The Bertz CT molecular complexity index is 811. The highest BCUT2D eigenvalue weighted by Crippen LogP contribution is 2.20. The summed E-state index contributed by atoms with van der Waals surface area (Å²) in [4.78, 5) is 5.78. The van der Waals surface area contributed by atoms with Crippen LogP contribution in [0.2, 0.25) is 0 Å². The summed E-state index contributed by atoms with van der Waals surface area (Å²) >= 11 is 1.49. The van der Waals surface area contributed by atoms with Gasteiger partial charge in [0.2, 0.25) is 0 Å². The zero-order chi connectivity index (χ0) is 11.9. The lowest BCUT2D eigenvalue weighted by Crippen LogP contribution is -2.04. The minimum atomic E-state index is 0.937. The number of fused-ring (bicyclic) bond motifs is 3. The van der Waals surface area contributed by atoms with Gasteiger partial charge in [-0.2, -0.15) is 0 Å². The normalized spacial score (nSPS) is 13.2. The van der Waals surface area contributed by atoms with Gasteiger partial charge in [0.1, 0.15) is 0 Å². The predicted octanol–water partition coefficient (Wildman–Crippen LogP) is 2.65. The maximum atomic E-state index is 4.66. The first-order valence-electron chi connectivity index (χ1n) is 5.72. The van der Waals surface area contributed by atoms with Crippen molar-refractivity contribution in [1.82, 2.24) is 9.66 Å². The molecule has 2 heterocycles. The zero-order valence-electron chi connectivity index (χ0n) is 9.45. The number of para-hydroxylation sites is 2. The average Bonchev–Trinajstić information content (AvgIpc) is 2.98. The number of benzene rings is 2. The van der Waals surface area contributed by atoms with E-state index in [4.69, 9.17) is 0 Å². The number of hydrogen-bond donors (Lipinski definition) is 0. The molecule has 0 bridgehead atoms. The topological polar surface area (TPSA) is 30.2 Å². The third-order valence-corrected chi connectivity index (χ3v) is 3.84. The number of rotatable bonds is 1. The smallest absolute Gasteiger partial charge is 0.175 e. The van der Waals surface area contributed by atoms with Crippen molar-refractivity contribution in [1.29, 1.82) is 0 Å². The van der Waals surface area contributed by atoms with E-state index in [1.165, 1.54) is 16.7 Å². The van der Waals surface area contributed by atoms with E-state index in [0.29, 0.717) is 0 Å². The Morgan fingerprint density at radius 2 is 1.67 bits per heavy atom. The molecule has 18 heavy (non-hydrogen) atoms. The molecule has 4 heteroatoms. The third kappa shape index (κ3) is 1.29. The van der Waals surface area contributed by atoms with E-state index < -0.39 is 0 Å². The Kier molecular flexibility index (Phi) is 1.98. The van der Waals surface area contributed by atoms with Gasteiger partial charge in [-0.25, -0.2) is 9.66 Å². The average molecular weight is 251 g/mol. The molecule has 0 amide bonds. The highest BCUT2D eigenvalue weighted by atomic mass is 32.1. The first kappa shape index (κ1) is 9.79. The first-order chi connectivity index (χ1) is 8.93. The fourth-order valence-corrected chi connectivity index (χ4v) is 2.92. The van der Waals surface area contributed by atoms with Crippen molar-refractivity contribution in [2.45, 2.75) is 0 Å². The van der Waals surface area contributed by atoms with Crippen LogP contribution in [0, 0.1) is 0 Å². The van der Waals surface area contributed by atoms with Crippen molar-refractivity contribution in [2.75, 3.05) is 0 Å². The zero-order valence-corrected chi connectivity index (χ0v) is 10.3. The lowest BCUT2D eigenvalue weighted by atomic mass is 10.1. The van der Waals surface area contributed by atoms with Gasteiger partial charge in [0.05, 0.1) is 15.9 Å². The molecular formula is C14H9N3S. The number of hydrogen-bond acceptors (Lipinski definition) is 2. The van der Waals surface area contributed by atoms with E-state index in [2.05, 4.69) is 21.6 Å².